The van der Waals surface area contributed by atoms with E-state index in [-0.39, 0.29) is 11.9 Å². The summed E-state index contributed by atoms with van der Waals surface area (Å²) in [6, 6.07) is 13.0. The second-order valence-electron chi connectivity index (χ2n) is 10.2. The van der Waals surface area contributed by atoms with Crippen molar-refractivity contribution in [2.24, 2.45) is 0 Å². The number of hydrogen-bond acceptors (Lipinski definition) is 8. The minimum absolute atomic E-state index is 0.288. The molecule has 196 valence electrons. The van der Waals surface area contributed by atoms with Crippen molar-refractivity contribution in [2.45, 2.75) is 63.1 Å². The first-order valence-electron chi connectivity index (χ1n) is 13.2. The monoisotopic (exact) mass is 532 g/mol. The van der Waals surface area contributed by atoms with Gasteiger partial charge in [-0.3, -0.25) is 9.99 Å². The molecule has 38 heavy (non-hydrogen) atoms. The molecular weight excluding hydrogens is 503 g/mol. The lowest BCUT2D eigenvalue weighted by Crippen LogP contribution is -2.38. The third-order valence-electron chi connectivity index (χ3n) is 7.42. The largest absolute Gasteiger partial charge is 0.373 e. The lowest BCUT2D eigenvalue weighted by Gasteiger charge is -2.25. The minimum Gasteiger partial charge on any atom is -0.373 e. The molecule has 0 bridgehead atoms. The third kappa shape index (κ3) is 5.20. The minimum atomic E-state index is -0.302. The molecule has 3 aliphatic rings. The van der Waals surface area contributed by atoms with Crippen molar-refractivity contribution in [2.75, 3.05) is 10.7 Å². The Kier molecular flexibility index (Phi) is 6.94. The Balaban J connectivity index is 1.35. The summed E-state index contributed by atoms with van der Waals surface area (Å²) in [7, 11) is 0. The van der Waals surface area contributed by atoms with Gasteiger partial charge in [0, 0.05) is 35.6 Å². The molecule has 2 aliphatic carbocycles. The molecule has 5 N–H and O–H groups in total. The number of hydrogen-bond donors (Lipinski definition) is 5. The molecule has 2 fully saturated rings. The highest BCUT2D eigenvalue weighted by Gasteiger charge is 2.32. The van der Waals surface area contributed by atoms with Crippen molar-refractivity contribution in [3.05, 3.63) is 76.5 Å². The number of pyridine rings is 1. The molecule has 1 unspecified atom stereocenters. The van der Waals surface area contributed by atoms with Crippen LogP contribution in [0.25, 0.3) is 10.9 Å². The summed E-state index contributed by atoms with van der Waals surface area (Å²) < 4.78 is 13.7. The van der Waals surface area contributed by atoms with Gasteiger partial charge in [0.05, 0.1) is 33.5 Å². The van der Waals surface area contributed by atoms with Gasteiger partial charge in [0.2, 0.25) is 0 Å². The number of nitrogens with one attached hydrogen (secondary N) is 5. The van der Waals surface area contributed by atoms with E-state index in [1.807, 2.05) is 12.1 Å². The fourth-order valence-electron chi connectivity index (χ4n) is 5.19. The highest BCUT2D eigenvalue weighted by molar-refractivity contribution is 6.35. The summed E-state index contributed by atoms with van der Waals surface area (Å²) in [5.74, 6) is -0.288. The van der Waals surface area contributed by atoms with Crippen LogP contribution in [0.1, 0.15) is 62.1 Å². The van der Waals surface area contributed by atoms with Crippen molar-refractivity contribution in [3.63, 3.8) is 0 Å². The number of aromatic nitrogens is 1. The molecule has 1 aromatic heterocycles. The van der Waals surface area contributed by atoms with Gasteiger partial charge in [-0.05, 0) is 55.5 Å². The van der Waals surface area contributed by atoms with Crippen molar-refractivity contribution in [1.29, 1.82) is 5.26 Å². The van der Waals surface area contributed by atoms with Crippen LogP contribution >= 0.6 is 11.6 Å². The predicted octanol–water partition coefficient (Wildman–Crippen LogP) is 5.63. The van der Waals surface area contributed by atoms with Gasteiger partial charge in [0.15, 0.2) is 0 Å². The van der Waals surface area contributed by atoms with Crippen LogP contribution in [0.15, 0.2) is 54.5 Å². The van der Waals surface area contributed by atoms with Crippen molar-refractivity contribution >= 4 is 33.9 Å². The standard InChI is InChI=1S/C28H30ClFN8/c29-24-13-21(12-23-26(18(14-31)15-32-28(23)24)36-34-20-4-2-1-3-5-20)33-27(17-6-8-19(30)9-7-17)25-16-38(37-35-25)22-10-11-22/h6-9,12-13,15-16,20,22,27,33-35,37H,1-5,10-11H2,(H,32,36). The topological polar surface area (TPSA) is 100 Å². The predicted molar refractivity (Wildman–Crippen MR) is 147 cm³/mol. The Morgan fingerprint density at radius 3 is 2.63 bits per heavy atom. The van der Waals surface area contributed by atoms with E-state index in [2.05, 4.69) is 49.4 Å². The summed E-state index contributed by atoms with van der Waals surface area (Å²) in [5.41, 5.74) is 17.5. The Labute approximate surface area is 226 Å². The summed E-state index contributed by atoms with van der Waals surface area (Å²) in [4.78, 5) is 4.48. The van der Waals surface area contributed by atoms with E-state index in [0.29, 0.717) is 33.9 Å². The van der Waals surface area contributed by atoms with E-state index < -0.39 is 0 Å². The van der Waals surface area contributed by atoms with Crippen LogP contribution in [-0.2, 0) is 0 Å². The molecular formula is C28H30ClFN8. The van der Waals surface area contributed by atoms with E-state index in [1.54, 1.807) is 18.3 Å². The molecule has 10 heteroatoms. The SMILES string of the molecule is N#Cc1cnc2c(Cl)cc(NC(C3=CN(C4CC4)NN3)c3ccc(F)cc3)cc2c1NNC1CCCCC1. The van der Waals surface area contributed by atoms with E-state index in [1.165, 1.54) is 31.4 Å². The zero-order valence-electron chi connectivity index (χ0n) is 20.9. The normalized spacial score (nSPS) is 18.6. The quantitative estimate of drug-likeness (QED) is 0.238. The number of halogens is 2. The molecule has 6 rings (SSSR count). The van der Waals surface area contributed by atoms with Crippen molar-refractivity contribution in [3.8, 4) is 6.07 Å². The van der Waals surface area contributed by atoms with E-state index in [9.17, 15) is 9.65 Å². The summed E-state index contributed by atoms with van der Waals surface area (Å²) >= 11 is 6.73. The summed E-state index contributed by atoms with van der Waals surface area (Å²) in [5, 5.41) is 16.7. The molecule has 0 radical (unpaired) electrons. The van der Waals surface area contributed by atoms with Gasteiger partial charge in [-0.25, -0.2) is 9.82 Å². The first-order chi connectivity index (χ1) is 18.6. The van der Waals surface area contributed by atoms with Gasteiger partial charge < -0.3 is 16.2 Å². The summed E-state index contributed by atoms with van der Waals surface area (Å²) in [6.45, 7) is 0. The number of hydrazine groups is 3. The van der Waals surface area contributed by atoms with Gasteiger partial charge >= 0.3 is 0 Å². The van der Waals surface area contributed by atoms with Crippen LogP contribution in [0.3, 0.4) is 0 Å². The van der Waals surface area contributed by atoms with Gasteiger partial charge in [-0.2, -0.15) is 5.26 Å². The molecule has 0 saturated heterocycles. The number of anilines is 2. The van der Waals surface area contributed by atoms with Crippen molar-refractivity contribution in [1.82, 2.24) is 26.4 Å². The lowest BCUT2D eigenvalue weighted by atomic mass is 9.96. The average Bonchev–Trinajstić information content (AvgIpc) is 3.68. The fourth-order valence-corrected chi connectivity index (χ4v) is 5.45. The lowest BCUT2D eigenvalue weighted by molar-refractivity contribution is 0.260. The van der Waals surface area contributed by atoms with Crippen LogP contribution in [0.4, 0.5) is 15.8 Å². The molecule has 1 atom stereocenters. The van der Waals surface area contributed by atoms with Gasteiger partial charge in [-0.1, -0.05) is 43.0 Å². The van der Waals surface area contributed by atoms with Crippen LogP contribution in [0.2, 0.25) is 5.02 Å². The highest BCUT2D eigenvalue weighted by Crippen LogP contribution is 2.36. The molecule has 8 nitrogen and oxygen atoms in total. The second kappa shape index (κ2) is 10.7. The van der Waals surface area contributed by atoms with Gasteiger partial charge in [0.1, 0.15) is 11.9 Å². The molecule has 3 aromatic rings. The number of fused-ring (bicyclic) bond motifs is 1. The smallest absolute Gasteiger partial charge is 0.123 e. The maximum atomic E-state index is 13.7. The van der Waals surface area contributed by atoms with Crippen LogP contribution in [0, 0.1) is 17.1 Å². The first kappa shape index (κ1) is 24.7. The Bertz CT molecular complexity index is 1390. The Hall–Kier alpha value is -3.58. The fraction of sp³-hybridized carbons (Fsp3) is 0.357. The van der Waals surface area contributed by atoms with E-state index in [4.69, 9.17) is 11.6 Å². The maximum absolute atomic E-state index is 13.7. The molecule has 2 saturated carbocycles. The summed E-state index contributed by atoms with van der Waals surface area (Å²) in [6.07, 6.45) is 11.7. The number of rotatable bonds is 8. The molecule has 1 aliphatic heterocycles. The first-order valence-corrected chi connectivity index (χ1v) is 13.5. The zero-order chi connectivity index (χ0) is 26.1. The molecule has 0 spiro atoms. The maximum Gasteiger partial charge on any atom is 0.123 e. The molecule has 0 amide bonds. The van der Waals surface area contributed by atoms with E-state index >= 15 is 0 Å². The number of benzene rings is 2. The van der Waals surface area contributed by atoms with Gasteiger partial charge in [0.25, 0.3) is 0 Å². The molecule has 2 aromatic carbocycles. The van der Waals surface area contributed by atoms with Crippen LogP contribution in [-0.4, -0.2) is 22.1 Å². The van der Waals surface area contributed by atoms with Gasteiger partial charge in [-0.15, -0.1) is 5.53 Å². The van der Waals surface area contributed by atoms with Crippen molar-refractivity contribution < 1.29 is 4.39 Å². The van der Waals surface area contributed by atoms with E-state index in [0.717, 1.165) is 48.0 Å². The number of nitriles is 1. The zero-order valence-corrected chi connectivity index (χ0v) is 21.7. The highest BCUT2D eigenvalue weighted by atomic mass is 35.5. The Morgan fingerprint density at radius 2 is 1.89 bits per heavy atom. The average molecular weight is 533 g/mol. The second-order valence-corrected chi connectivity index (χ2v) is 10.6. The Morgan fingerprint density at radius 1 is 1.11 bits per heavy atom. The third-order valence-corrected chi connectivity index (χ3v) is 7.71. The molecule has 2 heterocycles. The van der Waals surface area contributed by atoms with Crippen LogP contribution in [0.5, 0.6) is 0 Å². The number of nitrogens with zero attached hydrogens (tertiary/aromatic N) is 3. The van der Waals surface area contributed by atoms with Crippen LogP contribution < -0.4 is 27.1 Å².